The molecule has 2 atom stereocenters. The summed E-state index contributed by atoms with van der Waals surface area (Å²) in [5.74, 6) is 0.0333. The predicted molar refractivity (Wildman–Crippen MR) is 71.5 cm³/mol. The lowest BCUT2D eigenvalue weighted by molar-refractivity contribution is 0.0872. The van der Waals surface area contributed by atoms with Crippen molar-refractivity contribution in [2.75, 3.05) is 6.61 Å². The summed E-state index contributed by atoms with van der Waals surface area (Å²) < 4.78 is 0. The van der Waals surface area contributed by atoms with Crippen molar-refractivity contribution in [3.8, 4) is 6.07 Å². The number of aliphatic hydroxyl groups excluding tert-OH is 1. The third-order valence-corrected chi connectivity index (χ3v) is 3.74. The molecule has 0 saturated heterocycles. The lowest BCUT2D eigenvalue weighted by Crippen LogP contribution is -2.43. The summed E-state index contributed by atoms with van der Waals surface area (Å²) in [4.78, 5) is 12.1. The van der Waals surface area contributed by atoms with Crippen LogP contribution in [0.5, 0.6) is 0 Å². The summed E-state index contributed by atoms with van der Waals surface area (Å²) in [6.07, 6.45) is 4.10. The zero-order valence-corrected chi connectivity index (χ0v) is 10.8. The molecule has 1 aromatic rings. The highest BCUT2D eigenvalue weighted by Crippen LogP contribution is 2.24. The minimum absolute atomic E-state index is 0.0573. The molecule has 2 rings (SSSR count). The fraction of sp³-hybridized carbons (Fsp3) is 0.467. The minimum Gasteiger partial charge on any atom is -0.396 e. The van der Waals surface area contributed by atoms with Crippen LogP contribution in [0, 0.1) is 17.2 Å². The Balaban J connectivity index is 2.01. The summed E-state index contributed by atoms with van der Waals surface area (Å²) in [5.41, 5.74) is 1.10. The molecule has 0 bridgehead atoms. The van der Waals surface area contributed by atoms with Crippen LogP contribution in [0.4, 0.5) is 0 Å². The van der Waals surface area contributed by atoms with Gasteiger partial charge in [0.1, 0.15) is 0 Å². The maximum absolute atomic E-state index is 12.1. The van der Waals surface area contributed by atoms with E-state index in [0.717, 1.165) is 25.7 Å². The van der Waals surface area contributed by atoms with Gasteiger partial charge in [0, 0.05) is 24.1 Å². The molecule has 0 radical (unpaired) electrons. The van der Waals surface area contributed by atoms with Gasteiger partial charge in [-0.25, -0.2) is 0 Å². The molecule has 1 saturated carbocycles. The normalized spacial score (nSPS) is 22.5. The number of hydrogen-bond acceptors (Lipinski definition) is 3. The molecule has 1 aliphatic rings. The quantitative estimate of drug-likeness (QED) is 0.868. The van der Waals surface area contributed by atoms with E-state index in [0.29, 0.717) is 11.1 Å². The van der Waals surface area contributed by atoms with E-state index in [9.17, 15) is 9.90 Å². The van der Waals surface area contributed by atoms with Crippen molar-refractivity contribution in [1.29, 1.82) is 5.26 Å². The van der Waals surface area contributed by atoms with Gasteiger partial charge in [-0.3, -0.25) is 4.79 Å². The lowest BCUT2D eigenvalue weighted by atomic mass is 9.85. The van der Waals surface area contributed by atoms with Gasteiger partial charge in [0.2, 0.25) is 0 Å². The minimum atomic E-state index is -0.130. The Hall–Kier alpha value is -1.86. The monoisotopic (exact) mass is 258 g/mol. The Bertz CT molecular complexity index is 476. The van der Waals surface area contributed by atoms with E-state index >= 15 is 0 Å². The van der Waals surface area contributed by atoms with Gasteiger partial charge >= 0.3 is 0 Å². The maximum atomic E-state index is 12.1. The molecule has 0 aromatic heterocycles. The largest absolute Gasteiger partial charge is 0.396 e. The highest BCUT2D eigenvalue weighted by Gasteiger charge is 2.26. The number of carbonyl (C=O) groups excluding carboxylic acids is 1. The Morgan fingerprint density at radius 3 is 2.63 bits per heavy atom. The van der Waals surface area contributed by atoms with Crippen molar-refractivity contribution in [3.05, 3.63) is 35.4 Å². The first kappa shape index (κ1) is 13.6. The highest BCUT2D eigenvalue weighted by atomic mass is 16.3. The van der Waals surface area contributed by atoms with Crippen molar-refractivity contribution in [1.82, 2.24) is 5.32 Å². The SMILES string of the molecule is N#Cc1ccc(C(=O)NC2CCCCC2CO)cc1. The van der Waals surface area contributed by atoms with Crippen LogP contribution in [0.3, 0.4) is 0 Å². The van der Waals surface area contributed by atoms with Crippen LogP contribution in [0.25, 0.3) is 0 Å². The fourth-order valence-corrected chi connectivity index (χ4v) is 2.56. The van der Waals surface area contributed by atoms with Gasteiger partial charge in [0.15, 0.2) is 0 Å². The van der Waals surface area contributed by atoms with Crippen molar-refractivity contribution in [2.24, 2.45) is 5.92 Å². The van der Waals surface area contributed by atoms with Gasteiger partial charge in [0.25, 0.3) is 5.91 Å². The van der Waals surface area contributed by atoms with Crippen LogP contribution in [0.1, 0.15) is 41.6 Å². The Morgan fingerprint density at radius 2 is 2.00 bits per heavy atom. The molecule has 2 N–H and O–H groups in total. The van der Waals surface area contributed by atoms with E-state index in [1.807, 2.05) is 6.07 Å². The Morgan fingerprint density at radius 1 is 1.32 bits per heavy atom. The van der Waals surface area contributed by atoms with Gasteiger partial charge < -0.3 is 10.4 Å². The van der Waals surface area contributed by atoms with Crippen LogP contribution in [-0.2, 0) is 0 Å². The molecular weight excluding hydrogens is 240 g/mol. The lowest BCUT2D eigenvalue weighted by Gasteiger charge is -2.30. The Labute approximate surface area is 113 Å². The van der Waals surface area contributed by atoms with E-state index in [-0.39, 0.29) is 24.5 Å². The van der Waals surface area contributed by atoms with Crippen LogP contribution >= 0.6 is 0 Å². The number of nitrogens with one attached hydrogen (secondary N) is 1. The number of nitrogens with zero attached hydrogens (tertiary/aromatic N) is 1. The first-order chi connectivity index (χ1) is 9.24. The average Bonchev–Trinajstić information content (AvgIpc) is 2.48. The van der Waals surface area contributed by atoms with Crippen molar-refractivity contribution >= 4 is 5.91 Å². The molecule has 0 heterocycles. The third-order valence-electron chi connectivity index (χ3n) is 3.74. The van der Waals surface area contributed by atoms with E-state index in [4.69, 9.17) is 5.26 Å². The predicted octanol–water partition coefficient (Wildman–Crippen LogP) is 1.84. The average molecular weight is 258 g/mol. The molecule has 19 heavy (non-hydrogen) atoms. The number of nitriles is 1. The van der Waals surface area contributed by atoms with E-state index < -0.39 is 0 Å². The van der Waals surface area contributed by atoms with Gasteiger partial charge in [-0.05, 0) is 37.1 Å². The first-order valence-electron chi connectivity index (χ1n) is 6.66. The number of amides is 1. The molecule has 2 unspecified atom stereocenters. The molecule has 4 heteroatoms. The van der Waals surface area contributed by atoms with Crippen molar-refractivity contribution < 1.29 is 9.90 Å². The molecule has 1 aliphatic carbocycles. The third kappa shape index (κ3) is 3.33. The van der Waals surface area contributed by atoms with Gasteiger partial charge in [-0.1, -0.05) is 12.8 Å². The van der Waals surface area contributed by atoms with Gasteiger partial charge in [-0.2, -0.15) is 5.26 Å². The van der Waals surface area contributed by atoms with Crippen LogP contribution in [0.15, 0.2) is 24.3 Å². The van der Waals surface area contributed by atoms with Crippen LogP contribution in [-0.4, -0.2) is 23.7 Å². The summed E-state index contributed by atoms with van der Waals surface area (Å²) in [6.45, 7) is 0.123. The molecule has 1 amide bonds. The summed E-state index contributed by atoms with van der Waals surface area (Å²) >= 11 is 0. The molecule has 0 aliphatic heterocycles. The second kappa shape index (κ2) is 6.35. The van der Waals surface area contributed by atoms with E-state index in [2.05, 4.69) is 5.32 Å². The molecule has 100 valence electrons. The number of aliphatic hydroxyl groups is 1. The highest BCUT2D eigenvalue weighted by molar-refractivity contribution is 5.94. The Kier molecular flexibility index (Phi) is 4.53. The van der Waals surface area contributed by atoms with Crippen LogP contribution in [0.2, 0.25) is 0 Å². The van der Waals surface area contributed by atoms with Gasteiger partial charge in [-0.15, -0.1) is 0 Å². The zero-order valence-electron chi connectivity index (χ0n) is 10.8. The maximum Gasteiger partial charge on any atom is 0.251 e. The van der Waals surface area contributed by atoms with Crippen molar-refractivity contribution in [3.63, 3.8) is 0 Å². The topological polar surface area (TPSA) is 73.1 Å². The second-order valence-corrected chi connectivity index (χ2v) is 5.00. The first-order valence-corrected chi connectivity index (χ1v) is 6.66. The number of carbonyl (C=O) groups is 1. The van der Waals surface area contributed by atoms with Gasteiger partial charge in [0.05, 0.1) is 11.6 Å². The fourth-order valence-electron chi connectivity index (χ4n) is 2.56. The van der Waals surface area contributed by atoms with Crippen molar-refractivity contribution in [2.45, 2.75) is 31.7 Å². The summed E-state index contributed by atoms with van der Waals surface area (Å²) in [7, 11) is 0. The van der Waals surface area contributed by atoms with E-state index in [1.54, 1.807) is 24.3 Å². The van der Waals surface area contributed by atoms with Crippen LogP contribution < -0.4 is 5.32 Å². The zero-order chi connectivity index (χ0) is 13.7. The number of benzene rings is 1. The smallest absolute Gasteiger partial charge is 0.251 e. The summed E-state index contributed by atoms with van der Waals surface area (Å²) in [5, 5.41) is 21.0. The van der Waals surface area contributed by atoms with E-state index in [1.165, 1.54) is 0 Å². The molecule has 0 spiro atoms. The summed E-state index contributed by atoms with van der Waals surface area (Å²) in [6, 6.07) is 8.67. The molecule has 1 fully saturated rings. The molecule has 4 nitrogen and oxygen atoms in total. The standard InChI is InChI=1S/C15H18N2O2/c16-9-11-5-7-12(8-6-11)15(19)17-14-4-2-1-3-13(14)10-18/h5-8,13-14,18H,1-4,10H2,(H,17,19). The molecule has 1 aromatic carbocycles. The number of hydrogen-bond donors (Lipinski definition) is 2. The molecular formula is C15H18N2O2. The number of rotatable bonds is 3. The second-order valence-electron chi connectivity index (χ2n) is 5.00.